The van der Waals surface area contributed by atoms with Crippen LogP contribution in [0.25, 0.3) is 0 Å². The van der Waals surface area contributed by atoms with Crippen LogP contribution in [0.5, 0.6) is 0 Å². The molecule has 2 heterocycles. The number of ether oxygens (including phenoxy) is 3. The number of benzene rings is 3. The van der Waals surface area contributed by atoms with Crippen LogP contribution in [0.15, 0.2) is 78.9 Å². The number of amides is 2. The summed E-state index contributed by atoms with van der Waals surface area (Å²) in [5, 5.41) is 25.0. The largest absolute Gasteiger partial charge is 0.467 e. The Labute approximate surface area is 257 Å². The first-order valence-corrected chi connectivity index (χ1v) is 15.1. The standard InChI is InChI=1S/C34H41N3O7/c1-42-32(40)30(17-23-5-3-2-4-6-23)36-34(41)35-19-24-7-13-27(14-8-24)33-43-29(21-37-16-15-28(39)20-37)18-31(44-33)26-11-9-25(22-38)10-12-26/h2-14,28-31,33,38-39H,15-22H2,1H3,(H2,35,36,41)/t28-,29-,30-,31+,33+/m0/s1. The molecular formula is C34H41N3O7. The van der Waals surface area contributed by atoms with E-state index in [0.29, 0.717) is 25.9 Å². The molecule has 3 aromatic carbocycles. The lowest BCUT2D eigenvalue weighted by Crippen LogP contribution is -2.47. The number of carbonyl (C=O) groups excluding carboxylic acids is 2. The Morgan fingerprint density at radius 2 is 1.66 bits per heavy atom. The number of methoxy groups -OCH3 is 1. The molecule has 0 bridgehead atoms. The summed E-state index contributed by atoms with van der Waals surface area (Å²) >= 11 is 0. The zero-order valence-electron chi connectivity index (χ0n) is 24.9. The highest BCUT2D eigenvalue weighted by molar-refractivity contribution is 5.83. The molecular weight excluding hydrogens is 562 g/mol. The van der Waals surface area contributed by atoms with Crippen molar-refractivity contribution in [3.8, 4) is 0 Å². The van der Waals surface area contributed by atoms with Crippen LogP contribution >= 0.6 is 0 Å². The number of hydrogen-bond donors (Lipinski definition) is 4. The number of nitrogens with one attached hydrogen (secondary N) is 2. The summed E-state index contributed by atoms with van der Waals surface area (Å²) in [5.41, 5.74) is 4.50. The molecule has 2 aliphatic rings. The Balaban J connectivity index is 1.20. The average Bonchev–Trinajstić information content (AvgIpc) is 3.47. The van der Waals surface area contributed by atoms with Gasteiger partial charge in [0.05, 0.1) is 32.0 Å². The van der Waals surface area contributed by atoms with Crippen molar-refractivity contribution in [3.05, 3.63) is 107 Å². The molecule has 0 aromatic heterocycles. The van der Waals surface area contributed by atoms with E-state index in [-0.39, 0.29) is 31.5 Å². The minimum atomic E-state index is -0.810. The summed E-state index contributed by atoms with van der Waals surface area (Å²) in [6.45, 7) is 2.43. The first kappa shape index (κ1) is 31.6. The first-order valence-electron chi connectivity index (χ1n) is 15.1. The van der Waals surface area contributed by atoms with E-state index >= 15 is 0 Å². The Bertz CT molecular complexity index is 1350. The zero-order valence-corrected chi connectivity index (χ0v) is 24.9. The number of likely N-dealkylation sites (tertiary alicyclic amines) is 1. The molecule has 0 radical (unpaired) electrons. The summed E-state index contributed by atoms with van der Waals surface area (Å²) in [5.74, 6) is -0.511. The van der Waals surface area contributed by atoms with E-state index in [1.165, 1.54) is 7.11 Å². The number of urea groups is 1. The second kappa shape index (κ2) is 15.3. The average molecular weight is 604 g/mol. The number of β-amino-alcohol motifs (C(OH)–C–C–N with tert-alkyl or cyclic N) is 1. The minimum Gasteiger partial charge on any atom is -0.467 e. The van der Waals surface area contributed by atoms with Crippen LogP contribution in [0.4, 0.5) is 4.79 Å². The summed E-state index contributed by atoms with van der Waals surface area (Å²) in [6, 6.07) is 23.6. The minimum absolute atomic E-state index is 0.0140. The molecule has 44 heavy (non-hydrogen) atoms. The number of esters is 1. The van der Waals surface area contributed by atoms with E-state index < -0.39 is 24.3 Å². The molecule has 5 rings (SSSR count). The zero-order chi connectivity index (χ0) is 30.9. The molecule has 0 saturated carbocycles. The molecule has 0 spiro atoms. The van der Waals surface area contributed by atoms with E-state index in [1.54, 1.807) is 0 Å². The van der Waals surface area contributed by atoms with E-state index in [1.807, 2.05) is 78.9 Å². The monoisotopic (exact) mass is 603 g/mol. The number of hydrogen-bond acceptors (Lipinski definition) is 8. The van der Waals surface area contributed by atoms with Crippen LogP contribution in [0, 0.1) is 0 Å². The molecule has 234 valence electrons. The van der Waals surface area contributed by atoms with E-state index in [4.69, 9.17) is 14.2 Å². The third kappa shape index (κ3) is 8.64. The molecule has 10 heteroatoms. The van der Waals surface area contributed by atoms with Crippen molar-refractivity contribution in [3.63, 3.8) is 0 Å². The molecule has 4 N–H and O–H groups in total. The quantitative estimate of drug-likeness (QED) is 0.246. The van der Waals surface area contributed by atoms with E-state index in [0.717, 1.165) is 40.8 Å². The van der Waals surface area contributed by atoms with Gasteiger partial charge in [-0.25, -0.2) is 9.59 Å². The third-order valence-corrected chi connectivity index (χ3v) is 8.10. The molecule has 0 unspecified atom stereocenters. The smallest absolute Gasteiger partial charge is 0.328 e. The maximum absolute atomic E-state index is 12.7. The molecule has 2 saturated heterocycles. The summed E-state index contributed by atoms with van der Waals surface area (Å²) in [7, 11) is 1.30. The number of nitrogens with zero attached hydrogens (tertiary/aromatic N) is 1. The van der Waals surface area contributed by atoms with Crippen LogP contribution < -0.4 is 10.6 Å². The van der Waals surface area contributed by atoms with Crippen LogP contribution in [0.1, 0.15) is 53.1 Å². The normalized spacial score (nSPS) is 22.7. The van der Waals surface area contributed by atoms with Gasteiger partial charge in [-0.2, -0.15) is 0 Å². The van der Waals surface area contributed by atoms with Gasteiger partial charge < -0.3 is 35.1 Å². The van der Waals surface area contributed by atoms with Gasteiger partial charge in [-0.3, -0.25) is 4.90 Å². The van der Waals surface area contributed by atoms with E-state index in [2.05, 4.69) is 15.5 Å². The van der Waals surface area contributed by atoms with Crippen molar-refractivity contribution in [1.29, 1.82) is 0 Å². The van der Waals surface area contributed by atoms with Gasteiger partial charge in [-0.15, -0.1) is 0 Å². The summed E-state index contributed by atoms with van der Waals surface area (Å²) in [6.07, 6.45) is 0.591. The molecule has 2 fully saturated rings. The lowest BCUT2D eigenvalue weighted by Gasteiger charge is -2.37. The second-order valence-corrected chi connectivity index (χ2v) is 11.4. The van der Waals surface area contributed by atoms with Crippen molar-refractivity contribution in [2.24, 2.45) is 0 Å². The topological polar surface area (TPSA) is 130 Å². The van der Waals surface area contributed by atoms with Crippen LogP contribution in [-0.2, 0) is 38.6 Å². The number of aliphatic hydroxyl groups excluding tert-OH is 2. The van der Waals surface area contributed by atoms with Gasteiger partial charge in [-0.05, 0) is 28.7 Å². The number of carbonyl (C=O) groups is 2. The summed E-state index contributed by atoms with van der Waals surface area (Å²) in [4.78, 5) is 27.2. The predicted octanol–water partition coefficient (Wildman–Crippen LogP) is 3.37. The van der Waals surface area contributed by atoms with Crippen molar-refractivity contribution >= 4 is 12.0 Å². The lowest BCUT2D eigenvalue weighted by atomic mass is 9.99. The number of aliphatic hydroxyl groups is 2. The predicted molar refractivity (Wildman–Crippen MR) is 163 cm³/mol. The number of rotatable bonds is 11. The van der Waals surface area contributed by atoms with Gasteiger partial charge in [0, 0.05) is 44.6 Å². The van der Waals surface area contributed by atoms with Gasteiger partial charge in [0.1, 0.15) is 6.04 Å². The highest BCUT2D eigenvalue weighted by Crippen LogP contribution is 2.38. The Morgan fingerprint density at radius 3 is 2.32 bits per heavy atom. The van der Waals surface area contributed by atoms with Gasteiger partial charge in [0.25, 0.3) is 0 Å². The maximum atomic E-state index is 12.7. The fraction of sp³-hybridized carbons (Fsp3) is 0.412. The van der Waals surface area contributed by atoms with Gasteiger partial charge in [0.15, 0.2) is 6.29 Å². The second-order valence-electron chi connectivity index (χ2n) is 11.4. The van der Waals surface area contributed by atoms with Gasteiger partial charge >= 0.3 is 12.0 Å². The molecule has 10 nitrogen and oxygen atoms in total. The van der Waals surface area contributed by atoms with Crippen LogP contribution in [-0.4, -0.2) is 72.1 Å². The Hall–Kier alpha value is -3.80. The maximum Gasteiger partial charge on any atom is 0.328 e. The van der Waals surface area contributed by atoms with Gasteiger partial charge in [0.2, 0.25) is 0 Å². The lowest BCUT2D eigenvalue weighted by molar-refractivity contribution is -0.252. The molecule has 2 amide bonds. The highest BCUT2D eigenvalue weighted by atomic mass is 16.7. The van der Waals surface area contributed by atoms with E-state index in [9.17, 15) is 19.8 Å². The van der Waals surface area contributed by atoms with Crippen LogP contribution in [0.2, 0.25) is 0 Å². The van der Waals surface area contributed by atoms with Gasteiger partial charge in [-0.1, -0.05) is 78.9 Å². The first-order chi connectivity index (χ1) is 21.4. The molecule has 5 atom stereocenters. The highest BCUT2D eigenvalue weighted by Gasteiger charge is 2.34. The third-order valence-electron chi connectivity index (χ3n) is 8.10. The molecule has 2 aliphatic heterocycles. The fourth-order valence-electron chi connectivity index (χ4n) is 5.67. The molecule has 0 aliphatic carbocycles. The van der Waals surface area contributed by atoms with Crippen molar-refractivity contribution in [2.45, 2.75) is 63.1 Å². The summed E-state index contributed by atoms with van der Waals surface area (Å²) < 4.78 is 17.7. The fourth-order valence-corrected chi connectivity index (χ4v) is 5.67. The van der Waals surface area contributed by atoms with Crippen molar-refractivity contribution < 1.29 is 34.0 Å². The van der Waals surface area contributed by atoms with Crippen LogP contribution in [0.3, 0.4) is 0 Å². The SMILES string of the molecule is COC(=O)[C@H](Cc1ccccc1)NC(=O)NCc1ccc([C@@H]2O[C@H](CN3CC[C@H](O)C3)C[C@H](c3ccc(CO)cc3)O2)cc1. The van der Waals surface area contributed by atoms with Crippen molar-refractivity contribution in [2.75, 3.05) is 26.7 Å². The van der Waals surface area contributed by atoms with Crippen molar-refractivity contribution in [1.82, 2.24) is 15.5 Å². The Kier molecular flexibility index (Phi) is 11.0. The Morgan fingerprint density at radius 1 is 0.955 bits per heavy atom. The molecule has 3 aromatic rings.